The van der Waals surface area contributed by atoms with Gasteiger partial charge in [0.1, 0.15) is 5.75 Å². The van der Waals surface area contributed by atoms with Crippen LogP contribution in [0.3, 0.4) is 0 Å². The molecule has 1 aliphatic rings. The van der Waals surface area contributed by atoms with E-state index in [-0.39, 0.29) is 5.75 Å². The molecule has 0 spiro atoms. The smallest absolute Gasteiger partial charge is 0.250 e. The molecular formula is C21H23N7O. The molecule has 0 amide bonds. The Morgan fingerprint density at radius 3 is 2.34 bits per heavy atom. The summed E-state index contributed by atoms with van der Waals surface area (Å²) < 4.78 is 0. The number of phenols is 1. The molecular weight excluding hydrogens is 366 g/mol. The molecule has 1 saturated heterocycles. The van der Waals surface area contributed by atoms with Crippen LogP contribution in [0.1, 0.15) is 25.3 Å². The number of aromatic hydroxyl groups is 1. The van der Waals surface area contributed by atoms with E-state index < -0.39 is 0 Å². The summed E-state index contributed by atoms with van der Waals surface area (Å²) in [6.45, 7) is 3.75. The summed E-state index contributed by atoms with van der Waals surface area (Å²) in [5.74, 6) is 1.70. The maximum absolute atomic E-state index is 9.44. The van der Waals surface area contributed by atoms with Gasteiger partial charge >= 0.3 is 0 Å². The Labute approximate surface area is 169 Å². The summed E-state index contributed by atoms with van der Waals surface area (Å²) in [5.41, 5.74) is 5.50. The second-order valence-corrected chi connectivity index (χ2v) is 6.82. The lowest BCUT2D eigenvalue weighted by Gasteiger charge is -2.16. The van der Waals surface area contributed by atoms with E-state index in [2.05, 4.69) is 35.7 Å². The molecule has 1 fully saturated rings. The topological polar surface area (TPSA) is 98.6 Å². The van der Waals surface area contributed by atoms with Crippen LogP contribution in [0, 0.1) is 0 Å². The third-order valence-corrected chi connectivity index (χ3v) is 4.65. The predicted octanol–water partition coefficient (Wildman–Crippen LogP) is 3.76. The van der Waals surface area contributed by atoms with Crippen LogP contribution in [0.25, 0.3) is 0 Å². The van der Waals surface area contributed by atoms with Crippen LogP contribution < -0.4 is 15.6 Å². The Hall–Kier alpha value is -3.68. The summed E-state index contributed by atoms with van der Waals surface area (Å²) in [7, 11) is 0. The molecule has 8 nitrogen and oxygen atoms in total. The van der Waals surface area contributed by atoms with Crippen molar-refractivity contribution < 1.29 is 5.11 Å². The highest BCUT2D eigenvalue weighted by molar-refractivity contribution is 5.99. The predicted molar refractivity (Wildman–Crippen MR) is 115 cm³/mol. The van der Waals surface area contributed by atoms with Crippen LogP contribution in [0.2, 0.25) is 0 Å². The minimum Gasteiger partial charge on any atom is -0.508 e. The van der Waals surface area contributed by atoms with Gasteiger partial charge in [-0.25, -0.2) is 5.43 Å². The van der Waals surface area contributed by atoms with Crippen LogP contribution in [-0.4, -0.2) is 38.9 Å². The summed E-state index contributed by atoms with van der Waals surface area (Å²) in [4.78, 5) is 15.7. The van der Waals surface area contributed by atoms with Gasteiger partial charge in [0.05, 0.1) is 5.71 Å². The molecule has 1 aromatic heterocycles. The van der Waals surface area contributed by atoms with Gasteiger partial charge in [0.15, 0.2) is 0 Å². The highest BCUT2D eigenvalue weighted by Gasteiger charge is 2.17. The van der Waals surface area contributed by atoms with Crippen LogP contribution >= 0.6 is 0 Å². The average Bonchev–Trinajstić information content (AvgIpc) is 3.28. The lowest BCUT2D eigenvalue weighted by Crippen LogP contribution is -2.22. The van der Waals surface area contributed by atoms with Crippen LogP contribution in [-0.2, 0) is 0 Å². The first-order chi connectivity index (χ1) is 14.2. The third kappa shape index (κ3) is 4.78. The van der Waals surface area contributed by atoms with Crippen molar-refractivity contribution in [1.82, 2.24) is 15.0 Å². The molecule has 1 aliphatic heterocycles. The summed E-state index contributed by atoms with van der Waals surface area (Å²) >= 11 is 0. The summed E-state index contributed by atoms with van der Waals surface area (Å²) in [6, 6.07) is 16.7. The molecule has 0 radical (unpaired) electrons. The second kappa shape index (κ2) is 8.55. The van der Waals surface area contributed by atoms with E-state index in [1.165, 1.54) is 0 Å². The number of phenolic OH excluding ortho intramolecular Hbond substituents is 1. The monoisotopic (exact) mass is 389 g/mol. The van der Waals surface area contributed by atoms with E-state index in [4.69, 9.17) is 0 Å². The summed E-state index contributed by atoms with van der Waals surface area (Å²) in [5, 5.41) is 17.1. The second-order valence-electron chi connectivity index (χ2n) is 6.82. The fourth-order valence-corrected chi connectivity index (χ4v) is 3.08. The zero-order valence-electron chi connectivity index (χ0n) is 16.2. The number of hydrazone groups is 1. The Morgan fingerprint density at radius 2 is 1.62 bits per heavy atom. The first-order valence-corrected chi connectivity index (χ1v) is 9.60. The van der Waals surface area contributed by atoms with Gasteiger partial charge in [-0.2, -0.15) is 20.1 Å². The van der Waals surface area contributed by atoms with Crippen molar-refractivity contribution in [1.29, 1.82) is 0 Å². The Kier molecular flexibility index (Phi) is 5.51. The Bertz CT molecular complexity index is 984. The lowest BCUT2D eigenvalue weighted by atomic mass is 10.1. The maximum Gasteiger partial charge on any atom is 0.250 e. The van der Waals surface area contributed by atoms with Crippen LogP contribution in [0.15, 0.2) is 59.7 Å². The number of anilines is 4. The molecule has 0 bridgehead atoms. The van der Waals surface area contributed by atoms with Crippen molar-refractivity contribution in [3.63, 3.8) is 0 Å². The quantitative estimate of drug-likeness (QED) is 0.436. The van der Waals surface area contributed by atoms with Crippen LogP contribution in [0.5, 0.6) is 5.75 Å². The number of rotatable bonds is 6. The van der Waals surface area contributed by atoms with Crippen molar-refractivity contribution in [3.8, 4) is 5.75 Å². The normalized spacial score (nSPS) is 14.1. The van der Waals surface area contributed by atoms with E-state index in [1.54, 1.807) is 24.3 Å². The minimum atomic E-state index is 0.221. The van der Waals surface area contributed by atoms with Gasteiger partial charge in [-0.15, -0.1) is 0 Å². The summed E-state index contributed by atoms with van der Waals surface area (Å²) in [6.07, 6.45) is 2.27. The molecule has 2 heterocycles. The molecule has 0 saturated carbocycles. The first kappa shape index (κ1) is 18.7. The van der Waals surface area contributed by atoms with Crippen LogP contribution in [0.4, 0.5) is 23.5 Å². The van der Waals surface area contributed by atoms with Gasteiger partial charge in [0.2, 0.25) is 17.8 Å². The van der Waals surface area contributed by atoms with E-state index >= 15 is 0 Å². The molecule has 0 atom stereocenters. The highest BCUT2D eigenvalue weighted by atomic mass is 16.3. The van der Waals surface area contributed by atoms with Gasteiger partial charge in [-0.3, -0.25) is 0 Å². The number of nitrogens with one attached hydrogen (secondary N) is 2. The zero-order valence-corrected chi connectivity index (χ0v) is 16.2. The Morgan fingerprint density at radius 1 is 0.931 bits per heavy atom. The van der Waals surface area contributed by atoms with Gasteiger partial charge in [-0.1, -0.05) is 18.2 Å². The zero-order chi connectivity index (χ0) is 20.1. The molecule has 3 N–H and O–H groups in total. The van der Waals surface area contributed by atoms with E-state index in [0.717, 1.165) is 42.9 Å². The third-order valence-electron chi connectivity index (χ3n) is 4.65. The van der Waals surface area contributed by atoms with E-state index in [0.29, 0.717) is 17.8 Å². The number of nitrogens with zero attached hydrogens (tertiary/aromatic N) is 5. The number of aromatic nitrogens is 3. The van der Waals surface area contributed by atoms with Gasteiger partial charge in [0.25, 0.3) is 0 Å². The Balaban J connectivity index is 1.59. The van der Waals surface area contributed by atoms with Gasteiger partial charge < -0.3 is 15.3 Å². The van der Waals surface area contributed by atoms with Crippen molar-refractivity contribution in [3.05, 3.63) is 60.2 Å². The molecule has 0 unspecified atom stereocenters. The van der Waals surface area contributed by atoms with Crippen molar-refractivity contribution in [2.24, 2.45) is 5.10 Å². The van der Waals surface area contributed by atoms with Gasteiger partial charge in [0, 0.05) is 18.8 Å². The van der Waals surface area contributed by atoms with Gasteiger partial charge in [-0.05, 0) is 61.7 Å². The molecule has 148 valence electrons. The molecule has 2 aromatic carbocycles. The number of benzene rings is 2. The molecule has 3 aromatic rings. The van der Waals surface area contributed by atoms with Crippen molar-refractivity contribution in [2.45, 2.75) is 19.8 Å². The number of hydrogen-bond donors (Lipinski definition) is 3. The average molecular weight is 389 g/mol. The molecule has 4 rings (SSSR count). The standard InChI is InChI=1S/C21H23N7O/c1-15(16-9-11-18(29)12-10-16)26-27-20-23-19(22-17-7-3-2-4-8-17)24-21(25-20)28-13-5-6-14-28/h2-4,7-12,29H,5-6,13-14H2,1H3,(H2,22,23,24,25,27)/b26-15-. The highest BCUT2D eigenvalue weighted by Crippen LogP contribution is 2.21. The van der Waals surface area contributed by atoms with Crippen molar-refractivity contribution >= 4 is 29.2 Å². The molecule has 0 aliphatic carbocycles. The lowest BCUT2D eigenvalue weighted by molar-refractivity contribution is 0.475. The SMILES string of the molecule is C/C(=N/Nc1nc(Nc2ccccc2)nc(N2CCCC2)n1)c1ccc(O)cc1. The molecule has 29 heavy (non-hydrogen) atoms. The maximum atomic E-state index is 9.44. The van der Waals surface area contributed by atoms with Crippen molar-refractivity contribution in [2.75, 3.05) is 28.7 Å². The molecule has 8 heteroatoms. The fourth-order valence-electron chi connectivity index (χ4n) is 3.08. The number of para-hydroxylation sites is 1. The largest absolute Gasteiger partial charge is 0.508 e. The number of hydrogen-bond acceptors (Lipinski definition) is 8. The minimum absolute atomic E-state index is 0.221. The fraction of sp³-hybridized carbons (Fsp3) is 0.238. The van der Waals surface area contributed by atoms with E-state index in [1.807, 2.05) is 37.3 Å². The first-order valence-electron chi connectivity index (χ1n) is 9.60. The van der Waals surface area contributed by atoms with E-state index in [9.17, 15) is 5.11 Å².